The summed E-state index contributed by atoms with van der Waals surface area (Å²) in [6, 6.07) is 0. The van der Waals surface area contributed by atoms with Crippen LogP contribution in [0.2, 0.25) is 0 Å². The second-order valence-corrected chi connectivity index (χ2v) is 19.0. The van der Waals surface area contributed by atoms with Crippen molar-refractivity contribution in [1.29, 1.82) is 0 Å². The molecule has 0 heterocycles. The third-order valence-electron chi connectivity index (χ3n) is 13.3. The Balaban J connectivity index is 4.89. The number of rotatable bonds is 50. The molecule has 0 atom stereocenters. The van der Waals surface area contributed by atoms with Gasteiger partial charge >= 0.3 is 0 Å². The second-order valence-electron chi connectivity index (χ2n) is 19.0. The van der Waals surface area contributed by atoms with E-state index in [1.807, 2.05) is 0 Å². The molecule has 0 saturated carbocycles. The Hall–Kier alpha value is 0. The zero-order valence-corrected chi connectivity index (χ0v) is 39.6. The molecule has 0 aromatic heterocycles. The van der Waals surface area contributed by atoms with Gasteiger partial charge in [-0.25, -0.2) is 0 Å². The van der Waals surface area contributed by atoms with E-state index in [4.69, 9.17) is 0 Å². The summed E-state index contributed by atoms with van der Waals surface area (Å²) in [6.45, 7) is 9.33. The van der Waals surface area contributed by atoms with Crippen LogP contribution in [0.3, 0.4) is 0 Å². The van der Waals surface area contributed by atoms with Crippen molar-refractivity contribution >= 4 is 0 Å². The fraction of sp³-hybridized carbons (Fsp3) is 0.982. The van der Waals surface area contributed by atoms with E-state index in [1.54, 1.807) is 0 Å². The Morgan fingerprint density at radius 1 is 0.200 bits per heavy atom. The minimum Gasteiger partial charge on any atom is -0.0654 e. The predicted octanol–water partition coefficient (Wildman–Crippen LogP) is 21.2. The van der Waals surface area contributed by atoms with E-state index in [-0.39, 0.29) is 0 Å². The van der Waals surface area contributed by atoms with E-state index >= 15 is 0 Å². The second kappa shape index (κ2) is 48.4. The molecule has 0 saturated heterocycles. The summed E-state index contributed by atoms with van der Waals surface area (Å²) in [4.78, 5) is 0. The molecule has 0 aliphatic carbocycles. The molecule has 0 N–H and O–H groups in total. The van der Waals surface area contributed by atoms with Crippen molar-refractivity contribution in [2.24, 2.45) is 5.41 Å². The normalized spacial score (nSPS) is 12.0. The van der Waals surface area contributed by atoms with Crippen LogP contribution in [-0.2, 0) is 0 Å². The molecule has 2 radical (unpaired) electrons. The van der Waals surface area contributed by atoms with E-state index in [1.165, 1.54) is 315 Å². The van der Waals surface area contributed by atoms with Crippen LogP contribution >= 0.6 is 0 Å². The zero-order valence-electron chi connectivity index (χ0n) is 39.6. The standard InChI is InChI=1S/C55H110/c1-5-9-13-17-21-25-29-30-34-38-42-46-50-54-55(51-47-43-39-35-31-26-22-18-14-10-6-2,52-48-44-40-36-32-27-23-19-15-11-7-3)53-49-45-41-37-33-28-24-20-16-12-8-4/h5-53H2,1-4H3. The van der Waals surface area contributed by atoms with Gasteiger partial charge in [0, 0.05) is 0 Å². The maximum absolute atomic E-state index is 4.38. The third-order valence-corrected chi connectivity index (χ3v) is 13.3. The van der Waals surface area contributed by atoms with Gasteiger partial charge in [0.15, 0.2) is 0 Å². The van der Waals surface area contributed by atoms with Crippen molar-refractivity contribution < 1.29 is 0 Å². The van der Waals surface area contributed by atoms with Gasteiger partial charge in [-0.1, -0.05) is 317 Å². The van der Waals surface area contributed by atoms with Gasteiger partial charge in [-0.2, -0.15) is 0 Å². The Morgan fingerprint density at radius 3 is 0.564 bits per heavy atom. The van der Waals surface area contributed by atoms with Gasteiger partial charge in [-0.15, -0.1) is 0 Å². The topological polar surface area (TPSA) is 0 Å². The molecule has 0 aromatic carbocycles. The lowest BCUT2D eigenvalue weighted by molar-refractivity contribution is 0.231. The first kappa shape index (κ1) is 55.0. The average Bonchev–Trinajstić information content (AvgIpc) is 3.19. The molecular weight excluding hydrogens is 661 g/mol. The number of hydrogen-bond donors (Lipinski definition) is 0. The van der Waals surface area contributed by atoms with Crippen LogP contribution < -0.4 is 0 Å². The molecule has 0 aliphatic rings. The molecule has 55 heavy (non-hydrogen) atoms. The van der Waals surface area contributed by atoms with Crippen LogP contribution in [-0.4, -0.2) is 0 Å². The number of hydrogen-bond acceptors (Lipinski definition) is 0. The molecule has 0 fully saturated rings. The molecule has 0 aromatic rings. The molecule has 0 heteroatoms. The van der Waals surface area contributed by atoms with Crippen molar-refractivity contribution in [3.63, 3.8) is 0 Å². The first-order valence-electron chi connectivity index (χ1n) is 27.0. The fourth-order valence-electron chi connectivity index (χ4n) is 9.34. The molecule has 0 unspecified atom stereocenters. The van der Waals surface area contributed by atoms with Gasteiger partial charge in [0.25, 0.3) is 0 Å². The van der Waals surface area contributed by atoms with Crippen molar-refractivity contribution in [2.75, 3.05) is 0 Å². The maximum atomic E-state index is 4.38. The Labute approximate surface area is 352 Å². The highest BCUT2D eigenvalue weighted by Gasteiger charge is 2.29. The van der Waals surface area contributed by atoms with Crippen molar-refractivity contribution in [3.05, 3.63) is 6.42 Å². The van der Waals surface area contributed by atoms with Crippen LogP contribution in [0.1, 0.15) is 342 Å². The minimum absolute atomic E-state index is 0.412. The van der Waals surface area contributed by atoms with E-state index in [0.717, 1.165) is 0 Å². The lowest BCUT2D eigenvalue weighted by atomic mass is 9.70. The van der Waals surface area contributed by atoms with Crippen molar-refractivity contribution in [3.8, 4) is 0 Å². The lowest BCUT2D eigenvalue weighted by Crippen LogP contribution is -2.22. The first-order valence-corrected chi connectivity index (χ1v) is 27.0. The largest absolute Gasteiger partial charge is 0.0654 e. The van der Waals surface area contributed by atoms with Gasteiger partial charge in [-0.3, -0.25) is 0 Å². The van der Waals surface area contributed by atoms with Gasteiger partial charge < -0.3 is 0 Å². The molecule has 0 rings (SSSR count). The molecular formula is C55H110. The third kappa shape index (κ3) is 43.4. The molecule has 0 spiro atoms. The summed E-state index contributed by atoms with van der Waals surface area (Å²) in [6.07, 6.45) is 75.5. The number of unbranched alkanes of at least 4 members (excludes halogenated alkanes) is 42. The van der Waals surface area contributed by atoms with Crippen LogP contribution in [0.25, 0.3) is 0 Å². The van der Waals surface area contributed by atoms with E-state index in [9.17, 15) is 0 Å². The van der Waals surface area contributed by atoms with E-state index < -0.39 is 0 Å². The summed E-state index contributed by atoms with van der Waals surface area (Å²) >= 11 is 0. The Kier molecular flexibility index (Phi) is 48.4. The Morgan fingerprint density at radius 2 is 0.364 bits per heavy atom. The lowest BCUT2D eigenvalue weighted by Gasteiger charge is -2.34. The SMILES string of the molecule is CCCCCCCCCCCCCC[C]C(CCCCCCCCCCCCC)(CCCCCCCCCCCCC)CCCCCCCCCCCCC. The minimum atomic E-state index is 0.412. The average molecular weight is 771 g/mol. The van der Waals surface area contributed by atoms with E-state index in [0.29, 0.717) is 5.41 Å². The first-order chi connectivity index (χ1) is 27.2. The summed E-state index contributed by atoms with van der Waals surface area (Å²) < 4.78 is 0. The summed E-state index contributed by atoms with van der Waals surface area (Å²) in [7, 11) is 0. The van der Waals surface area contributed by atoms with Gasteiger partial charge in [0.1, 0.15) is 0 Å². The molecule has 0 bridgehead atoms. The highest BCUT2D eigenvalue weighted by molar-refractivity contribution is 4.92. The van der Waals surface area contributed by atoms with Gasteiger partial charge in [0.2, 0.25) is 0 Å². The predicted molar refractivity (Wildman–Crippen MR) is 255 cm³/mol. The monoisotopic (exact) mass is 771 g/mol. The molecule has 0 aliphatic heterocycles. The smallest absolute Gasteiger partial charge is 0.0106 e. The van der Waals surface area contributed by atoms with Crippen LogP contribution in [0, 0.1) is 11.8 Å². The molecule has 0 amide bonds. The zero-order chi connectivity index (χ0) is 39.9. The molecule has 0 nitrogen and oxygen atoms in total. The summed E-state index contributed by atoms with van der Waals surface area (Å²) in [5.74, 6) is 0. The quantitative estimate of drug-likeness (QED) is 0.0541. The molecule has 330 valence electrons. The fourth-order valence-corrected chi connectivity index (χ4v) is 9.34. The van der Waals surface area contributed by atoms with Crippen LogP contribution in [0.15, 0.2) is 0 Å². The highest BCUT2D eigenvalue weighted by Crippen LogP contribution is 2.41. The van der Waals surface area contributed by atoms with Crippen LogP contribution in [0.4, 0.5) is 0 Å². The maximum Gasteiger partial charge on any atom is -0.0106 e. The summed E-state index contributed by atoms with van der Waals surface area (Å²) in [5, 5.41) is 0. The highest BCUT2D eigenvalue weighted by atomic mass is 14.3. The van der Waals surface area contributed by atoms with E-state index in [2.05, 4.69) is 34.1 Å². The Bertz CT molecular complexity index is 584. The van der Waals surface area contributed by atoms with Crippen LogP contribution in [0.5, 0.6) is 0 Å². The van der Waals surface area contributed by atoms with Gasteiger partial charge in [-0.05, 0) is 37.5 Å². The van der Waals surface area contributed by atoms with Gasteiger partial charge in [0.05, 0.1) is 0 Å². The van der Waals surface area contributed by atoms with Crippen molar-refractivity contribution in [1.82, 2.24) is 0 Å². The van der Waals surface area contributed by atoms with Crippen molar-refractivity contribution in [2.45, 2.75) is 342 Å². The summed E-state index contributed by atoms with van der Waals surface area (Å²) in [5.41, 5.74) is 0.412.